The van der Waals surface area contributed by atoms with Crippen LogP contribution in [0.15, 0.2) is 18.2 Å². The number of nitriles is 1. The second-order valence-electron chi connectivity index (χ2n) is 4.31. The van der Waals surface area contributed by atoms with E-state index in [0.29, 0.717) is 10.6 Å². The molecule has 1 aromatic rings. The number of rotatable bonds is 0. The maximum Gasteiger partial charge on any atom is 0.129 e. The Morgan fingerprint density at radius 1 is 1.27 bits per heavy atom. The molecular weight excluding hydrogens is 222 g/mol. The average Bonchev–Trinajstić information content (AvgIpc) is 2.15. The topological polar surface area (TPSA) is 23.8 Å². The lowest BCUT2D eigenvalue weighted by molar-refractivity contribution is 1.48. The molecule has 0 aromatic heterocycles. The first-order valence-corrected chi connectivity index (χ1v) is 8.53. The third-order valence-electron chi connectivity index (χ3n) is 1.67. The molecule has 0 aliphatic rings. The van der Waals surface area contributed by atoms with Crippen molar-refractivity contribution in [2.75, 3.05) is 0 Å². The fraction of sp³-hybridized carbons (Fsp3) is 0.250. The minimum Gasteiger partial charge on any atom is -0.192 e. The molecule has 0 heterocycles. The Balaban J connectivity index is 3.14. The quantitative estimate of drug-likeness (QED) is 0.498. The molecule has 0 radical (unpaired) electrons. The molecule has 0 fully saturated rings. The first-order chi connectivity index (χ1) is 6.92. The van der Waals surface area contributed by atoms with Gasteiger partial charge in [0, 0.05) is 5.56 Å². The van der Waals surface area contributed by atoms with Crippen LogP contribution in [0.5, 0.6) is 0 Å². The van der Waals surface area contributed by atoms with E-state index in [0.717, 1.165) is 5.56 Å². The van der Waals surface area contributed by atoms with Crippen LogP contribution >= 0.6 is 11.6 Å². The zero-order valence-electron chi connectivity index (χ0n) is 9.06. The van der Waals surface area contributed by atoms with Crippen molar-refractivity contribution in [1.82, 2.24) is 0 Å². The van der Waals surface area contributed by atoms with Gasteiger partial charge in [-0.15, -0.1) is 5.54 Å². The predicted octanol–water partition coefficient (Wildman–Crippen LogP) is 3.44. The molecule has 0 atom stereocenters. The van der Waals surface area contributed by atoms with Gasteiger partial charge < -0.3 is 0 Å². The summed E-state index contributed by atoms with van der Waals surface area (Å²) >= 11 is 5.99. The fourth-order valence-corrected chi connectivity index (χ4v) is 1.62. The average molecular weight is 234 g/mol. The molecule has 0 aliphatic heterocycles. The number of nitrogens with zero attached hydrogens (tertiary/aromatic N) is 1. The first kappa shape index (κ1) is 11.8. The summed E-state index contributed by atoms with van der Waals surface area (Å²) in [4.78, 5) is 0. The van der Waals surface area contributed by atoms with Gasteiger partial charge in [0.15, 0.2) is 0 Å². The summed E-state index contributed by atoms with van der Waals surface area (Å²) in [6.07, 6.45) is 0. The van der Waals surface area contributed by atoms with Crippen LogP contribution in [-0.4, -0.2) is 8.07 Å². The number of hydrogen-bond acceptors (Lipinski definition) is 1. The molecule has 76 valence electrons. The molecule has 0 unspecified atom stereocenters. The van der Waals surface area contributed by atoms with Crippen LogP contribution in [0.3, 0.4) is 0 Å². The van der Waals surface area contributed by atoms with Crippen molar-refractivity contribution in [3.05, 3.63) is 34.3 Å². The molecule has 0 saturated heterocycles. The van der Waals surface area contributed by atoms with Gasteiger partial charge in [-0.05, 0) is 18.2 Å². The maximum absolute atomic E-state index is 8.75. The van der Waals surface area contributed by atoms with Crippen LogP contribution in [0.1, 0.15) is 11.1 Å². The van der Waals surface area contributed by atoms with Crippen molar-refractivity contribution in [2.45, 2.75) is 19.6 Å². The van der Waals surface area contributed by atoms with Gasteiger partial charge in [0.2, 0.25) is 0 Å². The Hall–Kier alpha value is -1.22. The lowest BCUT2D eigenvalue weighted by Crippen LogP contribution is -2.16. The number of hydrogen-bond donors (Lipinski definition) is 0. The Morgan fingerprint density at radius 3 is 2.47 bits per heavy atom. The van der Waals surface area contributed by atoms with Crippen molar-refractivity contribution < 1.29 is 0 Å². The Labute approximate surface area is 96.7 Å². The van der Waals surface area contributed by atoms with E-state index in [-0.39, 0.29) is 0 Å². The minimum atomic E-state index is -1.39. The summed E-state index contributed by atoms with van der Waals surface area (Å²) in [5.41, 5.74) is 4.57. The Bertz CT molecular complexity index is 469. The van der Waals surface area contributed by atoms with Crippen LogP contribution < -0.4 is 0 Å². The SMILES string of the molecule is C[Si](C)(C)C#Cc1cc(C#N)ccc1Cl. The molecular formula is C12H12ClNSi. The highest BCUT2D eigenvalue weighted by Crippen LogP contribution is 2.16. The lowest BCUT2D eigenvalue weighted by Gasteiger charge is -2.04. The van der Waals surface area contributed by atoms with Crippen LogP contribution in [0.2, 0.25) is 24.7 Å². The van der Waals surface area contributed by atoms with Gasteiger partial charge >= 0.3 is 0 Å². The second-order valence-corrected chi connectivity index (χ2v) is 9.46. The molecule has 0 amide bonds. The van der Waals surface area contributed by atoms with E-state index in [1.54, 1.807) is 18.2 Å². The van der Waals surface area contributed by atoms with Gasteiger partial charge in [0.1, 0.15) is 8.07 Å². The van der Waals surface area contributed by atoms with Gasteiger partial charge in [-0.2, -0.15) is 5.26 Å². The van der Waals surface area contributed by atoms with Crippen molar-refractivity contribution in [3.63, 3.8) is 0 Å². The molecule has 3 heteroatoms. The van der Waals surface area contributed by atoms with E-state index in [1.165, 1.54) is 0 Å². The predicted molar refractivity (Wildman–Crippen MR) is 66.4 cm³/mol. The monoisotopic (exact) mass is 233 g/mol. The molecule has 1 nitrogen and oxygen atoms in total. The summed E-state index contributed by atoms with van der Waals surface area (Å²) in [5.74, 6) is 3.06. The van der Waals surface area contributed by atoms with Gasteiger partial charge in [0.05, 0.1) is 16.7 Å². The van der Waals surface area contributed by atoms with Crippen molar-refractivity contribution in [1.29, 1.82) is 5.26 Å². The van der Waals surface area contributed by atoms with E-state index >= 15 is 0 Å². The summed E-state index contributed by atoms with van der Waals surface area (Å²) in [7, 11) is -1.39. The normalized spacial score (nSPS) is 10.1. The molecule has 15 heavy (non-hydrogen) atoms. The van der Waals surface area contributed by atoms with E-state index < -0.39 is 8.07 Å². The summed E-state index contributed by atoms with van der Waals surface area (Å²) in [6.45, 7) is 6.51. The first-order valence-electron chi connectivity index (χ1n) is 4.65. The van der Waals surface area contributed by atoms with Crippen LogP contribution in [0.25, 0.3) is 0 Å². The highest BCUT2D eigenvalue weighted by molar-refractivity contribution is 6.83. The highest BCUT2D eigenvalue weighted by atomic mass is 35.5. The second kappa shape index (κ2) is 4.53. The minimum absolute atomic E-state index is 0.597. The molecule has 1 rings (SSSR count). The summed E-state index contributed by atoms with van der Waals surface area (Å²) in [5, 5.41) is 9.36. The zero-order chi connectivity index (χ0) is 11.5. The number of benzene rings is 1. The molecule has 0 aliphatic carbocycles. The van der Waals surface area contributed by atoms with E-state index in [9.17, 15) is 0 Å². The van der Waals surface area contributed by atoms with Crippen molar-refractivity contribution in [3.8, 4) is 17.5 Å². The Kier molecular flexibility index (Phi) is 3.58. The van der Waals surface area contributed by atoms with Crippen LogP contribution in [0, 0.1) is 22.8 Å². The third kappa shape index (κ3) is 3.79. The number of halogens is 1. The largest absolute Gasteiger partial charge is 0.192 e. The summed E-state index contributed by atoms with van der Waals surface area (Å²) < 4.78 is 0. The van der Waals surface area contributed by atoms with Crippen LogP contribution in [0.4, 0.5) is 0 Å². The van der Waals surface area contributed by atoms with E-state index in [1.807, 2.05) is 0 Å². The lowest BCUT2D eigenvalue weighted by atomic mass is 10.1. The molecule has 1 aromatic carbocycles. The van der Waals surface area contributed by atoms with E-state index in [2.05, 4.69) is 37.2 Å². The van der Waals surface area contributed by atoms with Crippen LogP contribution in [-0.2, 0) is 0 Å². The molecule has 0 bridgehead atoms. The Morgan fingerprint density at radius 2 is 1.93 bits per heavy atom. The zero-order valence-corrected chi connectivity index (χ0v) is 10.8. The standard InChI is InChI=1S/C12H12ClNSi/c1-15(2,3)7-6-11-8-10(9-14)4-5-12(11)13/h4-5,8H,1-3H3. The summed E-state index contributed by atoms with van der Waals surface area (Å²) in [6, 6.07) is 7.22. The van der Waals surface area contributed by atoms with Gasteiger partial charge in [-0.1, -0.05) is 37.2 Å². The fourth-order valence-electron chi connectivity index (χ4n) is 0.945. The van der Waals surface area contributed by atoms with E-state index in [4.69, 9.17) is 16.9 Å². The third-order valence-corrected chi connectivity index (χ3v) is 2.87. The molecule has 0 saturated carbocycles. The molecule has 0 N–H and O–H groups in total. The van der Waals surface area contributed by atoms with Gasteiger partial charge in [-0.3, -0.25) is 0 Å². The highest BCUT2D eigenvalue weighted by Gasteiger charge is 2.08. The molecule has 0 spiro atoms. The van der Waals surface area contributed by atoms with Gasteiger partial charge in [-0.25, -0.2) is 0 Å². The maximum atomic E-state index is 8.75. The smallest absolute Gasteiger partial charge is 0.129 e. The van der Waals surface area contributed by atoms with Gasteiger partial charge in [0.25, 0.3) is 0 Å². The van der Waals surface area contributed by atoms with Crippen molar-refractivity contribution in [2.24, 2.45) is 0 Å². The van der Waals surface area contributed by atoms with Crippen molar-refractivity contribution >= 4 is 19.7 Å².